The molecule has 0 spiro atoms. The largest absolute Gasteiger partial charge is 0.493 e. The van der Waals surface area contributed by atoms with E-state index in [2.05, 4.69) is 4.99 Å². The number of benzene rings is 2. The van der Waals surface area contributed by atoms with Crippen LogP contribution in [0.2, 0.25) is 0 Å². The molecule has 5 rings (SSSR count). The van der Waals surface area contributed by atoms with Gasteiger partial charge in [-0.25, -0.2) is 14.6 Å². The topological polar surface area (TPSA) is 119 Å². The maximum Gasteiger partial charge on any atom is 0.338 e. The van der Waals surface area contributed by atoms with Crippen molar-refractivity contribution < 1.29 is 33.0 Å². The average molecular weight is 589 g/mol. The molecule has 0 saturated carbocycles. The molecule has 1 atom stereocenters. The number of aromatic nitrogens is 1. The summed E-state index contributed by atoms with van der Waals surface area (Å²) < 4.78 is 29.0. The van der Waals surface area contributed by atoms with Crippen molar-refractivity contribution in [2.24, 2.45) is 4.99 Å². The van der Waals surface area contributed by atoms with E-state index in [1.807, 2.05) is 0 Å². The molecule has 0 fully saturated rings. The summed E-state index contributed by atoms with van der Waals surface area (Å²) in [7, 11) is 4.36. The van der Waals surface area contributed by atoms with Crippen LogP contribution in [0.5, 0.6) is 11.5 Å². The maximum absolute atomic E-state index is 13.9. The lowest BCUT2D eigenvalue weighted by Gasteiger charge is -2.25. The van der Waals surface area contributed by atoms with Gasteiger partial charge in [-0.05, 0) is 49.7 Å². The number of fused-ring (bicyclic) bond motifs is 1. The van der Waals surface area contributed by atoms with Gasteiger partial charge < -0.3 is 23.4 Å². The molecule has 0 unspecified atom stereocenters. The number of methoxy groups -OCH3 is 3. The van der Waals surface area contributed by atoms with E-state index in [9.17, 15) is 14.4 Å². The molecule has 0 aliphatic carbocycles. The first-order valence-electron chi connectivity index (χ1n) is 13.0. The molecule has 216 valence electrons. The summed E-state index contributed by atoms with van der Waals surface area (Å²) in [6, 6.07) is 14.8. The van der Waals surface area contributed by atoms with Crippen LogP contribution in [0.3, 0.4) is 0 Å². The summed E-state index contributed by atoms with van der Waals surface area (Å²) in [4.78, 5) is 44.3. The van der Waals surface area contributed by atoms with Crippen molar-refractivity contribution in [2.75, 3.05) is 27.9 Å². The smallest absolute Gasteiger partial charge is 0.338 e. The van der Waals surface area contributed by atoms with Gasteiger partial charge in [0.1, 0.15) is 11.5 Å². The summed E-state index contributed by atoms with van der Waals surface area (Å²) in [6.45, 7) is 3.60. The van der Waals surface area contributed by atoms with Gasteiger partial charge in [-0.15, -0.1) is 0 Å². The Morgan fingerprint density at radius 1 is 1.02 bits per heavy atom. The van der Waals surface area contributed by atoms with Gasteiger partial charge in [0.2, 0.25) is 0 Å². The third-order valence-electron chi connectivity index (χ3n) is 6.74. The number of allylic oxidation sites excluding steroid dienone is 1. The fraction of sp³-hybridized carbons (Fsp3) is 0.226. The van der Waals surface area contributed by atoms with Crippen molar-refractivity contribution in [3.05, 3.63) is 102 Å². The minimum atomic E-state index is -0.818. The highest BCUT2D eigenvalue weighted by atomic mass is 32.1. The van der Waals surface area contributed by atoms with Crippen LogP contribution < -0.4 is 24.4 Å². The first-order valence-corrected chi connectivity index (χ1v) is 13.8. The Bertz CT molecular complexity index is 1900. The molecule has 0 radical (unpaired) electrons. The van der Waals surface area contributed by atoms with Crippen LogP contribution >= 0.6 is 11.3 Å². The lowest BCUT2D eigenvalue weighted by molar-refractivity contribution is -0.139. The predicted molar refractivity (Wildman–Crippen MR) is 155 cm³/mol. The number of hydrogen-bond donors (Lipinski definition) is 0. The number of nitrogens with zero attached hydrogens (tertiary/aromatic N) is 2. The highest BCUT2D eigenvalue weighted by Gasteiger charge is 2.34. The zero-order chi connectivity index (χ0) is 30.0. The molecule has 1 aliphatic heterocycles. The lowest BCUT2D eigenvalue weighted by Crippen LogP contribution is -2.39. The molecule has 1 aliphatic rings. The van der Waals surface area contributed by atoms with Crippen molar-refractivity contribution in [1.82, 2.24) is 4.57 Å². The number of carbonyl (C=O) groups is 2. The monoisotopic (exact) mass is 588 g/mol. The molecule has 2 aromatic heterocycles. The van der Waals surface area contributed by atoms with Crippen LogP contribution in [-0.2, 0) is 14.3 Å². The second kappa shape index (κ2) is 11.9. The first kappa shape index (κ1) is 28.6. The van der Waals surface area contributed by atoms with Gasteiger partial charge in [0, 0.05) is 11.6 Å². The summed E-state index contributed by atoms with van der Waals surface area (Å²) >= 11 is 1.17. The molecule has 0 bridgehead atoms. The summed E-state index contributed by atoms with van der Waals surface area (Å²) in [5.41, 5.74) is 1.88. The Morgan fingerprint density at radius 2 is 1.79 bits per heavy atom. The van der Waals surface area contributed by atoms with E-state index >= 15 is 0 Å². The maximum atomic E-state index is 13.9. The second-order valence-electron chi connectivity index (χ2n) is 9.16. The number of hydrogen-bond acceptors (Lipinski definition) is 10. The number of furan rings is 1. The molecular weight excluding hydrogens is 560 g/mol. The minimum absolute atomic E-state index is 0.165. The zero-order valence-electron chi connectivity index (χ0n) is 23.6. The molecule has 10 nitrogen and oxygen atoms in total. The summed E-state index contributed by atoms with van der Waals surface area (Å²) in [5, 5.41) is 0. The highest BCUT2D eigenvalue weighted by Crippen LogP contribution is 2.36. The van der Waals surface area contributed by atoms with E-state index < -0.39 is 18.0 Å². The fourth-order valence-corrected chi connectivity index (χ4v) is 5.85. The van der Waals surface area contributed by atoms with E-state index in [1.165, 1.54) is 37.2 Å². The molecule has 3 heterocycles. The number of rotatable bonds is 8. The van der Waals surface area contributed by atoms with E-state index in [-0.39, 0.29) is 17.7 Å². The average Bonchev–Trinajstić information content (AvgIpc) is 3.59. The van der Waals surface area contributed by atoms with Crippen LogP contribution in [0.25, 0.3) is 17.4 Å². The van der Waals surface area contributed by atoms with Crippen molar-refractivity contribution >= 4 is 29.4 Å². The minimum Gasteiger partial charge on any atom is -0.493 e. The van der Waals surface area contributed by atoms with Crippen molar-refractivity contribution in [3.8, 4) is 22.8 Å². The fourth-order valence-electron chi connectivity index (χ4n) is 4.82. The van der Waals surface area contributed by atoms with Gasteiger partial charge in [-0.3, -0.25) is 9.36 Å². The molecule has 0 N–H and O–H groups in total. The van der Waals surface area contributed by atoms with E-state index in [4.69, 9.17) is 23.4 Å². The Morgan fingerprint density at radius 3 is 2.50 bits per heavy atom. The van der Waals surface area contributed by atoms with Gasteiger partial charge in [0.25, 0.3) is 5.56 Å². The van der Waals surface area contributed by atoms with Gasteiger partial charge in [0.05, 0.1) is 55.3 Å². The normalized spacial score (nSPS) is 14.7. The number of esters is 2. The highest BCUT2D eigenvalue weighted by molar-refractivity contribution is 7.07. The van der Waals surface area contributed by atoms with Crippen LogP contribution in [0.15, 0.2) is 80.1 Å². The van der Waals surface area contributed by atoms with Crippen LogP contribution in [0.1, 0.15) is 41.6 Å². The third kappa shape index (κ3) is 5.14. The third-order valence-corrected chi connectivity index (χ3v) is 7.72. The molecular formula is C31H28N2O8S. The lowest BCUT2D eigenvalue weighted by atomic mass is 9.95. The Hall–Kier alpha value is -4.90. The quantitative estimate of drug-likeness (QED) is 0.285. The van der Waals surface area contributed by atoms with Crippen molar-refractivity contribution in [3.63, 3.8) is 0 Å². The van der Waals surface area contributed by atoms with Crippen LogP contribution in [0, 0.1) is 0 Å². The Kier molecular flexibility index (Phi) is 8.12. The standard InChI is InChI=1S/C31H28N2O8S/c1-6-40-30(36)26-17(2)32-31-33(27(26)18-11-13-23(37-3)24(15-18)38-4)28(34)25(42-31)16-19-12-14-22(41-19)20-9-7-8-10-21(20)29(35)39-5/h7-16,27H,6H2,1-5H3/b25-16+/t27-/m1/s1. The predicted octanol–water partition coefficient (Wildman–Crippen LogP) is 3.86. The molecule has 4 aromatic rings. The van der Waals surface area contributed by atoms with Gasteiger partial charge in [-0.2, -0.15) is 0 Å². The molecule has 2 aromatic carbocycles. The first-order chi connectivity index (χ1) is 20.3. The summed E-state index contributed by atoms with van der Waals surface area (Å²) in [5.74, 6) is 0.755. The Labute approximate surface area is 244 Å². The zero-order valence-corrected chi connectivity index (χ0v) is 24.4. The molecule has 42 heavy (non-hydrogen) atoms. The van der Waals surface area contributed by atoms with Crippen LogP contribution in [0.4, 0.5) is 0 Å². The number of thiazole rings is 1. The van der Waals surface area contributed by atoms with Crippen molar-refractivity contribution in [1.29, 1.82) is 0 Å². The summed E-state index contributed by atoms with van der Waals surface area (Å²) in [6.07, 6.45) is 1.61. The van der Waals surface area contributed by atoms with Crippen molar-refractivity contribution in [2.45, 2.75) is 19.9 Å². The molecule has 11 heteroatoms. The van der Waals surface area contributed by atoms with Gasteiger partial charge >= 0.3 is 11.9 Å². The van der Waals surface area contributed by atoms with Gasteiger partial charge in [0.15, 0.2) is 16.3 Å². The SMILES string of the molecule is CCOC(=O)C1=C(C)N=c2s/c(=C/c3ccc(-c4ccccc4C(=O)OC)o3)c(=O)n2[C@@H]1c1ccc(OC)c(OC)c1. The van der Waals surface area contributed by atoms with E-state index in [0.717, 1.165) is 0 Å². The van der Waals surface area contributed by atoms with Crippen LogP contribution in [-0.4, -0.2) is 44.4 Å². The van der Waals surface area contributed by atoms with E-state index in [1.54, 1.807) is 74.5 Å². The molecule has 0 saturated heterocycles. The molecule has 0 amide bonds. The second-order valence-corrected chi connectivity index (χ2v) is 10.2. The Balaban J connectivity index is 1.65. The van der Waals surface area contributed by atoms with Gasteiger partial charge in [-0.1, -0.05) is 35.6 Å². The number of carbonyl (C=O) groups excluding carboxylic acids is 2. The number of ether oxygens (including phenoxy) is 4. The van der Waals surface area contributed by atoms with E-state index in [0.29, 0.717) is 54.7 Å².